The van der Waals surface area contributed by atoms with Gasteiger partial charge in [-0.05, 0) is 73.7 Å². The first-order valence-corrected chi connectivity index (χ1v) is 13.3. The maximum atomic E-state index is 13.9. The van der Waals surface area contributed by atoms with Crippen molar-refractivity contribution in [3.8, 4) is 0 Å². The SMILES string of the molecule is O=C(N[C@@H]1CCc2ccccc21)[C@@H]1C[C@H](c2ccccc2)CN1C(=O)C1CC2(CCNCC2)CN1. The smallest absolute Gasteiger partial charge is 0.243 e. The van der Waals surface area contributed by atoms with Gasteiger partial charge >= 0.3 is 0 Å². The summed E-state index contributed by atoms with van der Waals surface area (Å²) in [6, 6.07) is 18.2. The summed E-state index contributed by atoms with van der Waals surface area (Å²) in [4.78, 5) is 29.4. The Morgan fingerprint density at radius 2 is 1.77 bits per heavy atom. The van der Waals surface area contributed by atoms with Crippen molar-refractivity contribution in [3.63, 3.8) is 0 Å². The molecule has 3 fully saturated rings. The third-order valence-electron chi connectivity index (χ3n) is 8.93. The summed E-state index contributed by atoms with van der Waals surface area (Å²) in [5.41, 5.74) is 3.97. The van der Waals surface area contributed by atoms with E-state index in [2.05, 4.69) is 46.3 Å². The summed E-state index contributed by atoms with van der Waals surface area (Å²) in [5, 5.41) is 10.3. The molecule has 0 aromatic heterocycles. The molecule has 1 aliphatic carbocycles. The summed E-state index contributed by atoms with van der Waals surface area (Å²) in [5.74, 6) is 0.278. The van der Waals surface area contributed by atoms with Crippen molar-refractivity contribution in [3.05, 3.63) is 71.3 Å². The first kappa shape index (κ1) is 22.7. The van der Waals surface area contributed by atoms with Gasteiger partial charge in [0.2, 0.25) is 11.8 Å². The number of amides is 2. The number of rotatable bonds is 4. The van der Waals surface area contributed by atoms with E-state index < -0.39 is 6.04 Å². The lowest BCUT2D eigenvalue weighted by Crippen LogP contribution is -2.51. The number of aryl methyl sites for hydroxylation is 1. The Labute approximate surface area is 207 Å². The van der Waals surface area contributed by atoms with Crippen LogP contribution in [0.15, 0.2) is 54.6 Å². The Balaban J connectivity index is 1.21. The Bertz CT molecular complexity index is 1080. The fraction of sp³-hybridized carbons (Fsp3) is 0.517. The number of fused-ring (bicyclic) bond motifs is 1. The lowest BCUT2D eigenvalue weighted by Gasteiger charge is -2.33. The molecule has 3 saturated heterocycles. The average molecular weight is 473 g/mol. The highest BCUT2D eigenvalue weighted by molar-refractivity contribution is 5.91. The van der Waals surface area contributed by atoms with Gasteiger partial charge in [0.15, 0.2) is 0 Å². The van der Waals surface area contributed by atoms with Crippen LogP contribution in [0.3, 0.4) is 0 Å². The van der Waals surface area contributed by atoms with Crippen LogP contribution in [0.4, 0.5) is 0 Å². The van der Waals surface area contributed by atoms with Gasteiger partial charge in [-0.3, -0.25) is 9.59 Å². The lowest BCUT2D eigenvalue weighted by atomic mass is 9.77. The van der Waals surface area contributed by atoms with Crippen molar-refractivity contribution in [1.29, 1.82) is 0 Å². The molecule has 6 rings (SSSR count). The van der Waals surface area contributed by atoms with E-state index in [1.165, 1.54) is 16.7 Å². The second-order valence-electron chi connectivity index (χ2n) is 11.0. The second-order valence-corrected chi connectivity index (χ2v) is 11.0. The van der Waals surface area contributed by atoms with Crippen LogP contribution in [0.25, 0.3) is 0 Å². The van der Waals surface area contributed by atoms with Gasteiger partial charge < -0.3 is 20.9 Å². The minimum atomic E-state index is -0.424. The first-order chi connectivity index (χ1) is 17.1. The Morgan fingerprint density at radius 1 is 1.00 bits per heavy atom. The zero-order valence-corrected chi connectivity index (χ0v) is 20.3. The van der Waals surface area contributed by atoms with Crippen LogP contribution in [0.2, 0.25) is 0 Å². The van der Waals surface area contributed by atoms with Gasteiger partial charge in [-0.2, -0.15) is 0 Å². The van der Waals surface area contributed by atoms with Gasteiger partial charge in [0.1, 0.15) is 6.04 Å². The molecule has 4 aliphatic rings. The molecular formula is C29H36N4O2. The number of hydrogen-bond donors (Lipinski definition) is 3. The van der Waals surface area contributed by atoms with E-state index in [-0.39, 0.29) is 35.2 Å². The van der Waals surface area contributed by atoms with E-state index in [1.807, 2.05) is 29.2 Å². The molecule has 0 radical (unpaired) electrons. The highest BCUT2D eigenvalue weighted by Gasteiger charge is 2.47. The first-order valence-electron chi connectivity index (χ1n) is 13.3. The van der Waals surface area contributed by atoms with Crippen LogP contribution in [-0.2, 0) is 16.0 Å². The van der Waals surface area contributed by atoms with Gasteiger partial charge in [-0.1, -0.05) is 54.6 Å². The van der Waals surface area contributed by atoms with Crippen molar-refractivity contribution < 1.29 is 9.59 Å². The fourth-order valence-corrected chi connectivity index (χ4v) is 6.90. The molecule has 3 aliphatic heterocycles. The predicted molar refractivity (Wildman–Crippen MR) is 136 cm³/mol. The molecule has 4 atom stereocenters. The normalized spacial score (nSPS) is 29.3. The zero-order valence-electron chi connectivity index (χ0n) is 20.3. The Hall–Kier alpha value is -2.70. The van der Waals surface area contributed by atoms with Crippen LogP contribution in [0, 0.1) is 5.41 Å². The van der Waals surface area contributed by atoms with Crippen LogP contribution >= 0.6 is 0 Å². The molecule has 6 nitrogen and oxygen atoms in total. The number of nitrogens with one attached hydrogen (secondary N) is 3. The van der Waals surface area contributed by atoms with Gasteiger partial charge in [0.05, 0.1) is 12.1 Å². The zero-order chi connectivity index (χ0) is 23.8. The number of benzene rings is 2. The summed E-state index contributed by atoms with van der Waals surface area (Å²) in [6.45, 7) is 3.55. The molecule has 0 saturated carbocycles. The van der Waals surface area contributed by atoms with Gasteiger partial charge in [-0.15, -0.1) is 0 Å². The maximum absolute atomic E-state index is 13.9. The van der Waals surface area contributed by atoms with Gasteiger partial charge in [-0.25, -0.2) is 0 Å². The summed E-state index contributed by atoms with van der Waals surface area (Å²) < 4.78 is 0. The summed E-state index contributed by atoms with van der Waals surface area (Å²) in [6.07, 6.45) is 5.70. The Kier molecular flexibility index (Phi) is 6.11. The monoisotopic (exact) mass is 472 g/mol. The molecule has 6 heteroatoms. The molecule has 1 spiro atoms. The van der Waals surface area contributed by atoms with Gasteiger partial charge in [0, 0.05) is 19.0 Å². The highest BCUT2D eigenvalue weighted by atomic mass is 16.2. The topological polar surface area (TPSA) is 73.5 Å². The number of piperidine rings is 1. The molecule has 2 aromatic carbocycles. The van der Waals surface area contributed by atoms with Crippen LogP contribution in [0.5, 0.6) is 0 Å². The quantitative estimate of drug-likeness (QED) is 0.640. The number of carbonyl (C=O) groups excluding carboxylic acids is 2. The van der Waals surface area contributed by atoms with E-state index >= 15 is 0 Å². The van der Waals surface area contributed by atoms with E-state index in [1.54, 1.807) is 0 Å². The molecule has 2 aromatic rings. The maximum Gasteiger partial charge on any atom is 0.243 e. The summed E-state index contributed by atoms with van der Waals surface area (Å²) in [7, 11) is 0. The van der Waals surface area contributed by atoms with E-state index in [0.29, 0.717) is 13.0 Å². The number of hydrogen-bond acceptors (Lipinski definition) is 4. The Morgan fingerprint density at radius 3 is 2.60 bits per heavy atom. The molecule has 2 amide bonds. The average Bonchev–Trinajstić information content (AvgIpc) is 3.63. The van der Waals surface area contributed by atoms with Crippen molar-refractivity contribution in [1.82, 2.24) is 20.9 Å². The van der Waals surface area contributed by atoms with Gasteiger partial charge in [0.25, 0.3) is 0 Å². The van der Waals surface area contributed by atoms with Crippen LogP contribution < -0.4 is 16.0 Å². The van der Waals surface area contributed by atoms with Crippen LogP contribution in [0.1, 0.15) is 60.8 Å². The number of carbonyl (C=O) groups is 2. The molecule has 35 heavy (non-hydrogen) atoms. The minimum absolute atomic E-state index is 0.00643. The standard InChI is InChI=1S/C29H36N4O2/c34-27(32-24-11-10-21-8-4-5-9-23(21)24)26-16-22(20-6-2-1-3-7-20)18-33(26)28(35)25-17-29(19-31-25)12-14-30-15-13-29/h1-9,22,24-26,30-31H,10-19H2,(H,32,34)/t22-,24+,25?,26-/m0/s1. The predicted octanol–water partition coefficient (Wildman–Crippen LogP) is 2.91. The summed E-state index contributed by atoms with van der Waals surface area (Å²) >= 11 is 0. The van der Waals surface area contributed by atoms with Crippen LogP contribution in [-0.4, -0.2) is 55.0 Å². The van der Waals surface area contributed by atoms with Crippen molar-refractivity contribution >= 4 is 11.8 Å². The third kappa shape index (κ3) is 4.38. The van der Waals surface area contributed by atoms with E-state index in [4.69, 9.17) is 0 Å². The number of nitrogens with zero attached hydrogens (tertiary/aromatic N) is 1. The molecule has 3 heterocycles. The van der Waals surface area contributed by atoms with E-state index in [9.17, 15) is 9.59 Å². The fourth-order valence-electron chi connectivity index (χ4n) is 6.90. The second kappa shape index (κ2) is 9.40. The molecule has 184 valence electrons. The third-order valence-corrected chi connectivity index (χ3v) is 8.93. The lowest BCUT2D eigenvalue weighted by molar-refractivity contribution is -0.140. The minimum Gasteiger partial charge on any atom is -0.347 e. The van der Waals surface area contributed by atoms with Crippen molar-refractivity contribution in [2.24, 2.45) is 5.41 Å². The highest BCUT2D eigenvalue weighted by Crippen LogP contribution is 2.40. The molecular weight excluding hydrogens is 436 g/mol. The van der Waals surface area contributed by atoms with Crippen molar-refractivity contribution in [2.45, 2.75) is 62.6 Å². The number of likely N-dealkylation sites (tertiary alicyclic amines) is 1. The molecule has 3 N–H and O–H groups in total. The largest absolute Gasteiger partial charge is 0.347 e. The molecule has 1 unspecified atom stereocenters. The van der Waals surface area contributed by atoms with E-state index in [0.717, 1.165) is 51.7 Å². The molecule has 0 bridgehead atoms. The van der Waals surface area contributed by atoms with Crippen molar-refractivity contribution in [2.75, 3.05) is 26.2 Å².